The van der Waals surface area contributed by atoms with Gasteiger partial charge in [-0.1, -0.05) is 141 Å². The molecule has 0 spiro atoms. The van der Waals surface area contributed by atoms with Gasteiger partial charge in [0.1, 0.15) is 0 Å². The fraction of sp³-hybridized carbons (Fsp3) is 0.0588. The first kappa shape index (κ1) is 30.4. The van der Waals surface area contributed by atoms with E-state index < -0.39 is 0 Å². The van der Waals surface area contributed by atoms with Gasteiger partial charge in [-0.15, -0.1) is 11.3 Å². The lowest BCUT2D eigenvalue weighted by molar-refractivity contribution is 0.661. The molecule has 1 aromatic heterocycles. The average molecular weight is 694 g/mol. The highest BCUT2D eigenvalue weighted by Gasteiger charge is 2.36. The number of hydrogen-bond acceptors (Lipinski definition) is 2. The summed E-state index contributed by atoms with van der Waals surface area (Å²) in [4.78, 5) is 2.55. The first-order valence-electron chi connectivity index (χ1n) is 18.4. The van der Waals surface area contributed by atoms with E-state index >= 15 is 0 Å². The van der Waals surface area contributed by atoms with E-state index in [2.05, 4.69) is 195 Å². The van der Waals surface area contributed by atoms with E-state index in [1.807, 2.05) is 11.3 Å². The quantitative estimate of drug-likeness (QED) is 0.177. The molecule has 53 heavy (non-hydrogen) atoms. The van der Waals surface area contributed by atoms with E-state index in [1.165, 1.54) is 97.2 Å². The van der Waals surface area contributed by atoms with Crippen molar-refractivity contribution in [1.29, 1.82) is 0 Å². The molecule has 0 N–H and O–H groups in total. The van der Waals surface area contributed by atoms with Crippen LogP contribution < -0.4 is 4.90 Å². The number of nitrogens with zero attached hydrogens (tertiary/aromatic N) is 1. The van der Waals surface area contributed by atoms with E-state index in [0.29, 0.717) is 0 Å². The molecule has 9 aromatic carbocycles. The fourth-order valence-electron chi connectivity index (χ4n) is 9.09. The van der Waals surface area contributed by atoms with Gasteiger partial charge in [-0.2, -0.15) is 0 Å². The third-order valence-corrected chi connectivity index (χ3v) is 12.7. The van der Waals surface area contributed by atoms with Crippen molar-refractivity contribution >= 4 is 80.9 Å². The normalized spacial score (nSPS) is 13.2. The van der Waals surface area contributed by atoms with Gasteiger partial charge in [-0.25, -0.2) is 0 Å². The molecule has 0 saturated carbocycles. The van der Waals surface area contributed by atoms with Crippen LogP contribution in [0.4, 0.5) is 17.1 Å². The highest BCUT2D eigenvalue weighted by Crippen LogP contribution is 2.54. The van der Waals surface area contributed by atoms with E-state index in [-0.39, 0.29) is 5.41 Å². The topological polar surface area (TPSA) is 3.24 Å². The van der Waals surface area contributed by atoms with Crippen LogP contribution in [0.25, 0.3) is 74.7 Å². The van der Waals surface area contributed by atoms with Crippen LogP contribution in [-0.4, -0.2) is 0 Å². The summed E-state index contributed by atoms with van der Waals surface area (Å²) in [5, 5.41) is 10.1. The van der Waals surface area contributed by atoms with Gasteiger partial charge < -0.3 is 4.90 Å². The Kier molecular flexibility index (Phi) is 6.53. The monoisotopic (exact) mass is 693 g/mol. The third-order valence-electron chi connectivity index (χ3n) is 11.6. The Hall–Kier alpha value is -6.22. The maximum Gasteiger partial charge on any atom is 0.0555 e. The highest BCUT2D eigenvalue weighted by molar-refractivity contribution is 7.26. The van der Waals surface area contributed by atoms with Crippen molar-refractivity contribution in [3.8, 4) is 22.3 Å². The zero-order chi connectivity index (χ0) is 35.3. The van der Waals surface area contributed by atoms with Crippen LogP contribution in [-0.2, 0) is 5.41 Å². The van der Waals surface area contributed by atoms with Gasteiger partial charge in [-0.05, 0) is 109 Å². The van der Waals surface area contributed by atoms with E-state index in [0.717, 1.165) is 5.69 Å². The highest BCUT2D eigenvalue weighted by atomic mass is 32.1. The molecular weight excluding hydrogens is 659 g/mol. The van der Waals surface area contributed by atoms with Crippen LogP contribution >= 0.6 is 11.3 Å². The summed E-state index contributed by atoms with van der Waals surface area (Å²) in [6, 6.07) is 65.6. The molecule has 0 aliphatic heterocycles. The number of fused-ring (bicyclic) bond motifs is 9. The van der Waals surface area contributed by atoms with Crippen molar-refractivity contribution in [3.63, 3.8) is 0 Å². The van der Waals surface area contributed by atoms with Crippen LogP contribution in [0.5, 0.6) is 0 Å². The summed E-state index contributed by atoms with van der Waals surface area (Å²) in [6.07, 6.45) is 0. The predicted octanol–water partition coefficient (Wildman–Crippen LogP) is 15.0. The molecule has 0 fully saturated rings. The first-order valence-corrected chi connectivity index (χ1v) is 19.2. The fourth-order valence-corrected chi connectivity index (χ4v) is 10.2. The zero-order valence-electron chi connectivity index (χ0n) is 29.6. The van der Waals surface area contributed by atoms with Gasteiger partial charge in [-0.3, -0.25) is 0 Å². The molecule has 1 heterocycles. The molecule has 1 nitrogen and oxygen atoms in total. The van der Waals surface area contributed by atoms with Crippen LogP contribution in [0.3, 0.4) is 0 Å². The number of benzene rings is 9. The molecule has 0 radical (unpaired) electrons. The van der Waals surface area contributed by atoms with Gasteiger partial charge in [0, 0.05) is 36.8 Å². The van der Waals surface area contributed by atoms with Crippen LogP contribution in [0.2, 0.25) is 0 Å². The number of hydrogen-bond donors (Lipinski definition) is 0. The summed E-state index contributed by atoms with van der Waals surface area (Å²) in [7, 11) is 0. The Morgan fingerprint density at radius 3 is 1.87 bits per heavy atom. The Morgan fingerprint density at radius 2 is 1.04 bits per heavy atom. The molecule has 1 aliphatic carbocycles. The minimum absolute atomic E-state index is 0.112. The lowest BCUT2D eigenvalue weighted by Gasteiger charge is -2.30. The smallest absolute Gasteiger partial charge is 0.0555 e. The van der Waals surface area contributed by atoms with E-state index in [4.69, 9.17) is 0 Å². The molecule has 2 heteroatoms. The average Bonchev–Trinajstić information content (AvgIpc) is 3.69. The molecule has 0 saturated heterocycles. The van der Waals surface area contributed by atoms with Crippen LogP contribution in [0.15, 0.2) is 176 Å². The SMILES string of the molecule is CC1(C)c2ccc(N(c3ccc4ccccc4c3-c3cccc4ccccc34)c3cccc4sc5ccccc5c34)cc2-c2cc3ccccc3cc21. The Labute approximate surface area is 313 Å². The molecule has 11 rings (SSSR count). The predicted molar refractivity (Wildman–Crippen MR) is 230 cm³/mol. The second-order valence-corrected chi connectivity index (χ2v) is 16.0. The second-order valence-electron chi connectivity index (χ2n) is 14.9. The van der Waals surface area contributed by atoms with Crippen LogP contribution in [0, 0.1) is 0 Å². The maximum absolute atomic E-state index is 2.55. The summed E-state index contributed by atoms with van der Waals surface area (Å²) in [5.41, 5.74) is 11.3. The second kappa shape index (κ2) is 11.4. The molecule has 1 aliphatic rings. The molecule has 10 aromatic rings. The minimum Gasteiger partial charge on any atom is -0.309 e. The van der Waals surface area contributed by atoms with Crippen LogP contribution in [0.1, 0.15) is 25.0 Å². The minimum atomic E-state index is -0.112. The van der Waals surface area contributed by atoms with Gasteiger partial charge >= 0.3 is 0 Å². The van der Waals surface area contributed by atoms with E-state index in [1.54, 1.807) is 0 Å². The summed E-state index contributed by atoms with van der Waals surface area (Å²) in [6.45, 7) is 4.76. The van der Waals surface area contributed by atoms with Gasteiger partial charge in [0.25, 0.3) is 0 Å². The van der Waals surface area contributed by atoms with Crippen molar-refractivity contribution < 1.29 is 0 Å². The molecule has 0 atom stereocenters. The van der Waals surface area contributed by atoms with Crippen molar-refractivity contribution in [2.45, 2.75) is 19.3 Å². The molecule has 250 valence electrons. The van der Waals surface area contributed by atoms with Crippen molar-refractivity contribution in [3.05, 3.63) is 187 Å². The van der Waals surface area contributed by atoms with Gasteiger partial charge in [0.05, 0.1) is 11.4 Å². The largest absolute Gasteiger partial charge is 0.309 e. The van der Waals surface area contributed by atoms with E-state index in [9.17, 15) is 0 Å². The van der Waals surface area contributed by atoms with Gasteiger partial charge in [0.15, 0.2) is 0 Å². The Bertz CT molecular complexity index is 3100. The van der Waals surface area contributed by atoms with Crippen molar-refractivity contribution in [2.24, 2.45) is 0 Å². The third kappa shape index (κ3) is 4.49. The Balaban J connectivity index is 1.26. The molecule has 0 unspecified atom stereocenters. The Morgan fingerprint density at radius 1 is 0.415 bits per heavy atom. The number of thiophene rings is 1. The summed E-state index contributed by atoms with van der Waals surface area (Å²) < 4.78 is 2.60. The van der Waals surface area contributed by atoms with Gasteiger partial charge in [0.2, 0.25) is 0 Å². The number of rotatable bonds is 4. The summed E-state index contributed by atoms with van der Waals surface area (Å²) >= 11 is 1.87. The van der Waals surface area contributed by atoms with Crippen molar-refractivity contribution in [2.75, 3.05) is 4.90 Å². The maximum atomic E-state index is 2.55. The standard InChI is InChI=1S/C51H35NS/c1-51(2)43-27-26-36(31-42(43)41-29-34-15-3-4-16-35(34)30-44(41)51)52(45-22-12-24-48-50(45)40-20-9-10-23-47(40)53-48)46-28-25-33-14-6-8-19-38(33)49(46)39-21-11-17-32-13-5-7-18-37(32)39/h3-31H,1-2H3. The zero-order valence-corrected chi connectivity index (χ0v) is 30.4. The molecule has 0 bridgehead atoms. The van der Waals surface area contributed by atoms with Crippen molar-refractivity contribution in [1.82, 2.24) is 0 Å². The first-order chi connectivity index (χ1) is 26.0. The molecular formula is C51H35NS. The number of anilines is 3. The molecule has 0 amide bonds. The lowest BCUT2D eigenvalue weighted by atomic mass is 9.82. The lowest BCUT2D eigenvalue weighted by Crippen LogP contribution is -2.16. The summed E-state index contributed by atoms with van der Waals surface area (Å²) in [5.74, 6) is 0.